The SMILES string of the molecule is C[C@H](NC1CC(N)c2ccccc21)c1cccs1. The third-order valence-corrected chi connectivity index (χ3v) is 4.74. The molecule has 1 aliphatic rings. The van der Waals surface area contributed by atoms with Gasteiger partial charge < -0.3 is 11.1 Å². The van der Waals surface area contributed by atoms with Crippen molar-refractivity contribution in [1.29, 1.82) is 0 Å². The Morgan fingerprint density at radius 1 is 1.22 bits per heavy atom. The van der Waals surface area contributed by atoms with Crippen LogP contribution < -0.4 is 11.1 Å². The zero-order valence-corrected chi connectivity index (χ0v) is 11.3. The lowest BCUT2D eigenvalue weighted by molar-refractivity contribution is 0.449. The highest BCUT2D eigenvalue weighted by Gasteiger charge is 2.29. The lowest BCUT2D eigenvalue weighted by Crippen LogP contribution is -2.23. The highest BCUT2D eigenvalue weighted by molar-refractivity contribution is 7.10. The van der Waals surface area contributed by atoms with Gasteiger partial charge in [-0.3, -0.25) is 0 Å². The highest BCUT2D eigenvalue weighted by Crippen LogP contribution is 2.38. The Kier molecular flexibility index (Phi) is 3.20. The Hall–Kier alpha value is -1.16. The normalized spacial score (nSPS) is 23.9. The molecule has 3 N–H and O–H groups in total. The molecule has 1 aliphatic carbocycles. The number of nitrogens with two attached hydrogens (primary N) is 1. The molecule has 0 saturated heterocycles. The summed E-state index contributed by atoms with van der Waals surface area (Å²) < 4.78 is 0. The van der Waals surface area contributed by atoms with Crippen LogP contribution in [-0.4, -0.2) is 0 Å². The highest BCUT2D eigenvalue weighted by atomic mass is 32.1. The first-order valence-electron chi connectivity index (χ1n) is 6.39. The van der Waals surface area contributed by atoms with Crippen molar-refractivity contribution in [3.05, 3.63) is 57.8 Å². The topological polar surface area (TPSA) is 38.0 Å². The van der Waals surface area contributed by atoms with Crippen molar-refractivity contribution in [2.75, 3.05) is 0 Å². The van der Waals surface area contributed by atoms with E-state index in [0.717, 1.165) is 6.42 Å². The maximum atomic E-state index is 6.19. The maximum absolute atomic E-state index is 6.19. The molecule has 0 saturated carbocycles. The summed E-state index contributed by atoms with van der Waals surface area (Å²) in [6.45, 7) is 2.22. The van der Waals surface area contributed by atoms with Crippen LogP contribution in [0, 0.1) is 0 Å². The molecule has 18 heavy (non-hydrogen) atoms. The van der Waals surface area contributed by atoms with Crippen LogP contribution in [0.2, 0.25) is 0 Å². The molecule has 1 heterocycles. The first-order chi connectivity index (χ1) is 8.75. The number of thiophene rings is 1. The quantitative estimate of drug-likeness (QED) is 0.883. The molecule has 0 aliphatic heterocycles. The number of fused-ring (bicyclic) bond motifs is 1. The van der Waals surface area contributed by atoms with Gasteiger partial charge in [0.2, 0.25) is 0 Å². The van der Waals surface area contributed by atoms with Gasteiger partial charge in [0.15, 0.2) is 0 Å². The molecule has 94 valence electrons. The van der Waals surface area contributed by atoms with E-state index in [1.165, 1.54) is 16.0 Å². The third kappa shape index (κ3) is 2.09. The van der Waals surface area contributed by atoms with Crippen molar-refractivity contribution in [3.8, 4) is 0 Å². The molecule has 3 rings (SSSR count). The summed E-state index contributed by atoms with van der Waals surface area (Å²) in [5, 5.41) is 5.83. The largest absolute Gasteiger partial charge is 0.324 e. The number of benzene rings is 1. The standard InChI is InChI=1S/C15H18N2S/c1-10(15-7-4-8-18-15)17-14-9-13(16)11-5-2-3-6-12(11)14/h2-8,10,13-14,17H,9,16H2,1H3/t10-,13?,14?/m0/s1. The summed E-state index contributed by atoms with van der Waals surface area (Å²) in [6, 6.07) is 13.7. The Morgan fingerprint density at radius 3 is 2.72 bits per heavy atom. The molecule has 0 bridgehead atoms. The van der Waals surface area contributed by atoms with Crippen molar-refractivity contribution >= 4 is 11.3 Å². The molecule has 3 atom stereocenters. The van der Waals surface area contributed by atoms with Crippen molar-refractivity contribution in [1.82, 2.24) is 5.32 Å². The fourth-order valence-electron chi connectivity index (χ4n) is 2.75. The molecule has 0 amide bonds. The molecule has 2 nitrogen and oxygen atoms in total. The number of hydrogen-bond acceptors (Lipinski definition) is 3. The van der Waals surface area contributed by atoms with Gasteiger partial charge in [0.1, 0.15) is 0 Å². The molecular formula is C15H18N2S. The van der Waals surface area contributed by atoms with Gasteiger partial charge in [-0.05, 0) is 35.9 Å². The molecule has 3 heteroatoms. The lowest BCUT2D eigenvalue weighted by Gasteiger charge is -2.19. The second kappa shape index (κ2) is 4.84. The number of nitrogens with one attached hydrogen (secondary N) is 1. The summed E-state index contributed by atoms with van der Waals surface area (Å²) in [6.07, 6.45) is 0.995. The molecule has 0 spiro atoms. The third-order valence-electron chi connectivity index (χ3n) is 3.68. The second-order valence-electron chi connectivity index (χ2n) is 4.93. The van der Waals surface area contributed by atoms with E-state index in [1.54, 1.807) is 11.3 Å². The van der Waals surface area contributed by atoms with Gasteiger partial charge in [0, 0.05) is 23.0 Å². The summed E-state index contributed by atoms with van der Waals surface area (Å²) in [5.74, 6) is 0. The van der Waals surface area contributed by atoms with Gasteiger partial charge in [-0.1, -0.05) is 30.3 Å². The Morgan fingerprint density at radius 2 is 2.00 bits per heavy atom. The van der Waals surface area contributed by atoms with Crippen LogP contribution in [0.3, 0.4) is 0 Å². The van der Waals surface area contributed by atoms with Crippen LogP contribution in [0.1, 0.15) is 47.5 Å². The Labute approximate surface area is 112 Å². The summed E-state index contributed by atoms with van der Waals surface area (Å²) in [4.78, 5) is 1.38. The van der Waals surface area contributed by atoms with Gasteiger partial charge in [0.05, 0.1) is 0 Å². The molecular weight excluding hydrogens is 240 g/mol. The van der Waals surface area contributed by atoms with Crippen LogP contribution in [0.5, 0.6) is 0 Å². The minimum Gasteiger partial charge on any atom is -0.324 e. The molecule has 1 aromatic carbocycles. The van der Waals surface area contributed by atoms with Crippen LogP contribution in [0.4, 0.5) is 0 Å². The second-order valence-corrected chi connectivity index (χ2v) is 5.91. The molecule has 1 aromatic heterocycles. The van der Waals surface area contributed by atoms with E-state index in [2.05, 4.69) is 54.0 Å². The van der Waals surface area contributed by atoms with Gasteiger partial charge in [-0.15, -0.1) is 11.3 Å². The minimum atomic E-state index is 0.175. The summed E-state index contributed by atoms with van der Waals surface area (Å²) in [7, 11) is 0. The number of hydrogen-bond donors (Lipinski definition) is 2. The predicted octanol–water partition coefficient (Wildman–Crippen LogP) is 3.54. The Balaban J connectivity index is 1.79. The minimum absolute atomic E-state index is 0.175. The summed E-state index contributed by atoms with van der Waals surface area (Å²) >= 11 is 1.80. The van der Waals surface area contributed by atoms with Crippen molar-refractivity contribution in [3.63, 3.8) is 0 Å². The van der Waals surface area contributed by atoms with Crippen LogP contribution in [0.25, 0.3) is 0 Å². The average molecular weight is 258 g/mol. The molecule has 0 radical (unpaired) electrons. The molecule has 0 fully saturated rings. The Bertz CT molecular complexity index is 521. The zero-order chi connectivity index (χ0) is 12.5. The molecule has 2 aromatic rings. The lowest BCUT2D eigenvalue weighted by atomic mass is 10.1. The first-order valence-corrected chi connectivity index (χ1v) is 7.27. The van der Waals surface area contributed by atoms with E-state index in [1.807, 2.05) is 0 Å². The van der Waals surface area contributed by atoms with Crippen LogP contribution >= 0.6 is 11.3 Å². The van der Waals surface area contributed by atoms with Crippen molar-refractivity contribution in [2.45, 2.75) is 31.5 Å². The van der Waals surface area contributed by atoms with E-state index in [0.29, 0.717) is 12.1 Å². The predicted molar refractivity (Wildman–Crippen MR) is 76.6 cm³/mol. The van der Waals surface area contributed by atoms with E-state index >= 15 is 0 Å². The van der Waals surface area contributed by atoms with E-state index < -0.39 is 0 Å². The number of rotatable bonds is 3. The van der Waals surface area contributed by atoms with E-state index in [-0.39, 0.29) is 6.04 Å². The first kappa shape index (κ1) is 11.9. The van der Waals surface area contributed by atoms with Gasteiger partial charge >= 0.3 is 0 Å². The van der Waals surface area contributed by atoms with Crippen molar-refractivity contribution < 1.29 is 0 Å². The maximum Gasteiger partial charge on any atom is 0.0391 e. The average Bonchev–Trinajstić information content (AvgIpc) is 3.00. The van der Waals surface area contributed by atoms with E-state index in [9.17, 15) is 0 Å². The van der Waals surface area contributed by atoms with E-state index in [4.69, 9.17) is 5.73 Å². The monoisotopic (exact) mass is 258 g/mol. The fourth-order valence-corrected chi connectivity index (χ4v) is 3.50. The van der Waals surface area contributed by atoms with Gasteiger partial charge in [0.25, 0.3) is 0 Å². The molecule has 2 unspecified atom stereocenters. The zero-order valence-electron chi connectivity index (χ0n) is 10.5. The fraction of sp³-hybridized carbons (Fsp3) is 0.333. The van der Waals surface area contributed by atoms with Crippen molar-refractivity contribution in [2.24, 2.45) is 5.73 Å². The van der Waals surface area contributed by atoms with Crippen LogP contribution in [-0.2, 0) is 0 Å². The van der Waals surface area contributed by atoms with Gasteiger partial charge in [-0.25, -0.2) is 0 Å². The summed E-state index contributed by atoms with van der Waals surface area (Å²) in [5.41, 5.74) is 8.86. The smallest absolute Gasteiger partial charge is 0.0391 e. The van der Waals surface area contributed by atoms with Gasteiger partial charge in [-0.2, -0.15) is 0 Å². The van der Waals surface area contributed by atoms with Crippen LogP contribution in [0.15, 0.2) is 41.8 Å².